The van der Waals surface area contributed by atoms with Gasteiger partial charge in [0.2, 0.25) is 5.91 Å². The van der Waals surface area contributed by atoms with Crippen LogP contribution in [0, 0.1) is 0 Å². The molecule has 1 rings (SSSR count). The van der Waals surface area contributed by atoms with Crippen LogP contribution in [0.2, 0.25) is 0 Å². The van der Waals surface area contributed by atoms with Crippen LogP contribution in [-0.2, 0) is 17.5 Å². The Morgan fingerprint density at radius 1 is 1.42 bits per heavy atom. The van der Waals surface area contributed by atoms with E-state index in [0.717, 1.165) is 6.07 Å². The highest BCUT2D eigenvalue weighted by molar-refractivity contribution is 5.77. The summed E-state index contributed by atoms with van der Waals surface area (Å²) in [6.07, 6.45) is -4.46. The number of nitrogens with zero attached hydrogens (tertiary/aromatic N) is 1. The lowest BCUT2D eigenvalue weighted by Crippen LogP contribution is -2.33. The number of alkyl halides is 3. The molecule has 19 heavy (non-hydrogen) atoms. The van der Waals surface area contributed by atoms with Gasteiger partial charge in [0.05, 0.1) is 12.1 Å². The maximum Gasteiger partial charge on any atom is 0.416 e. The van der Waals surface area contributed by atoms with Gasteiger partial charge in [0, 0.05) is 19.3 Å². The fraction of sp³-hybridized carbons (Fsp3) is 0.417. The molecule has 0 aliphatic carbocycles. The number of nitrogens with one attached hydrogen (secondary N) is 1. The normalized spacial score (nSPS) is 11.7. The van der Waals surface area contributed by atoms with Crippen molar-refractivity contribution in [1.82, 2.24) is 10.2 Å². The number of rotatable bonds is 4. The molecule has 0 aromatic heterocycles. The average Bonchev–Trinajstić information content (AvgIpc) is 2.29. The van der Waals surface area contributed by atoms with Gasteiger partial charge in [0.25, 0.3) is 0 Å². The van der Waals surface area contributed by atoms with Crippen LogP contribution in [0.15, 0.2) is 18.2 Å². The van der Waals surface area contributed by atoms with Crippen molar-refractivity contribution in [1.29, 1.82) is 0 Å². The summed E-state index contributed by atoms with van der Waals surface area (Å²) in [7, 11) is 3.05. The molecule has 0 unspecified atom stereocenters. The average molecular weight is 275 g/mol. The maximum absolute atomic E-state index is 12.9. The molecule has 0 saturated carbocycles. The largest absolute Gasteiger partial charge is 0.416 e. The number of anilines is 1. The third kappa shape index (κ3) is 4.44. The Morgan fingerprint density at radius 2 is 2.05 bits per heavy atom. The van der Waals surface area contributed by atoms with Gasteiger partial charge in [-0.2, -0.15) is 13.2 Å². The number of halogens is 3. The molecular formula is C12H16F3N3O. The van der Waals surface area contributed by atoms with Gasteiger partial charge in [-0.05, 0) is 24.7 Å². The lowest BCUT2D eigenvalue weighted by Gasteiger charge is -2.19. The molecule has 0 aliphatic rings. The van der Waals surface area contributed by atoms with Crippen LogP contribution < -0.4 is 11.1 Å². The van der Waals surface area contributed by atoms with Gasteiger partial charge in [0.1, 0.15) is 0 Å². The Hall–Kier alpha value is -1.76. The van der Waals surface area contributed by atoms with E-state index >= 15 is 0 Å². The topological polar surface area (TPSA) is 58.4 Å². The fourth-order valence-electron chi connectivity index (χ4n) is 1.67. The predicted octanol–water partition coefficient (Wildman–Crippen LogP) is 1.47. The van der Waals surface area contributed by atoms with Crippen molar-refractivity contribution in [3.8, 4) is 0 Å². The Labute approximate surface area is 109 Å². The van der Waals surface area contributed by atoms with Crippen molar-refractivity contribution in [3.05, 3.63) is 29.3 Å². The summed E-state index contributed by atoms with van der Waals surface area (Å²) in [5.74, 6) is -0.258. The zero-order valence-electron chi connectivity index (χ0n) is 10.7. The van der Waals surface area contributed by atoms with Crippen molar-refractivity contribution in [2.24, 2.45) is 0 Å². The van der Waals surface area contributed by atoms with Gasteiger partial charge in [-0.3, -0.25) is 9.69 Å². The standard InChI is InChI=1S/C12H16F3N3O/c1-17-11(19)7-18(2)6-8-3-4-9(16)5-10(8)12(13,14)15/h3-5H,6-7,16H2,1-2H3,(H,17,19). The molecule has 1 aromatic rings. The van der Waals surface area contributed by atoms with Crippen LogP contribution in [0.1, 0.15) is 11.1 Å². The second-order valence-corrected chi connectivity index (χ2v) is 4.26. The Morgan fingerprint density at radius 3 is 2.58 bits per heavy atom. The van der Waals surface area contributed by atoms with Crippen LogP contribution >= 0.6 is 0 Å². The number of carbonyl (C=O) groups is 1. The number of nitrogens with two attached hydrogens (primary N) is 1. The summed E-state index contributed by atoms with van der Waals surface area (Å²) in [4.78, 5) is 12.7. The first kappa shape index (κ1) is 15.3. The fourth-order valence-corrected chi connectivity index (χ4v) is 1.67. The number of benzene rings is 1. The second kappa shape index (κ2) is 5.92. The minimum atomic E-state index is -4.46. The molecule has 106 valence electrons. The quantitative estimate of drug-likeness (QED) is 0.818. The van der Waals surface area contributed by atoms with Gasteiger partial charge < -0.3 is 11.1 Å². The molecule has 0 saturated heterocycles. The van der Waals surface area contributed by atoms with Gasteiger partial charge in [-0.1, -0.05) is 6.07 Å². The number of likely N-dealkylation sites (N-methyl/N-ethyl adjacent to an activating group) is 2. The van der Waals surface area contributed by atoms with E-state index < -0.39 is 11.7 Å². The van der Waals surface area contributed by atoms with Gasteiger partial charge in [0.15, 0.2) is 0 Å². The molecule has 0 fully saturated rings. The monoisotopic (exact) mass is 275 g/mol. The van der Waals surface area contributed by atoms with Crippen molar-refractivity contribution in [2.75, 3.05) is 26.4 Å². The van der Waals surface area contributed by atoms with Gasteiger partial charge >= 0.3 is 6.18 Å². The SMILES string of the molecule is CNC(=O)CN(C)Cc1ccc(N)cc1C(F)(F)F. The molecule has 1 aromatic carbocycles. The van der Waals surface area contributed by atoms with Crippen LogP contribution in [0.3, 0.4) is 0 Å². The maximum atomic E-state index is 12.9. The molecule has 0 atom stereocenters. The summed E-state index contributed by atoms with van der Waals surface area (Å²) in [5, 5.41) is 2.41. The highest BCUT2D eigenvalue weighted by Gasteiger charge is 2.33. The third-order valence-electron chi connectivity index (χ3n) is 2.57. The first-order valence-corrected chi connectivity index (χ1v) is 5.58. The molecular weight excluding hydrogens is 259 g/mol. The van der Waals surface area contributed by atoms with Crippen molar-refractivity contribution >= 4 is 11.6 Å². The molecule has 3 N–H and O–H groups in total. The molecule has 0 aliphatic heterocycles. The Balaban J connectivity index is 2.92. The summed E-state index contributed by atoms with van der Waals surface area (Å²) in [6.45, 7) is 0.0424. The Kier molecular flexibility index (Phi) is 4.77. The predicted molar refractivity (Wildman–Crippen MR) is 66.3 cm³/mol. The van der Waals surface area contributed by atoms with Crippen LogP contribution in [0.5, 0.6) is 0 Å². The smallest absolute Gasteiger partial charge is 0.399 e. The number of carbonyl (C=O) groups excluding carboxylic acids is 1. The van der Waals surface area contributed by atoms with Gasteiger partial charge in [-0.25, -0.2) is 0 Å². The summed E-state index contributed by atoms with van der Waals surface area (Å²) in [5.41, 5.74) is 4.76. The summed E-state index contributed by atoms with van der Waals surface area (Å²) < 4.78 is 38.6. The lowest BCUT2D eigenvalue weighted by molar-refractivity contribution is -0.138. The van der Waals surface area contributed by atoms with Crippen LogP contribution in [0.25, 0.3) is 0 Å². The number of hydrogen-bond acceptors (Lipinski definition) is 3. The molecule has 4 nitrogen and oxygen atoms in total. The van der Waals surface area contributed by atoms with E-state index in [0.29, 0.717) is 0 Å². The number of nitrogen functional groups attached to an aromatic ring is 1. The summed E-state index contributed by atoms with van der Waals surface area (Å²) in [6, 6.07) is 3.65. The third-order valence-corrected chi connectivity index (χ3v) is 2.57. The second-order valence-electron chi connectivity index (χ2n) is 4.26. The zero-order chi connectivity index (χ0) is 14.6. The zero-order valence-corrected chi connectivity index (χ0v) is 10.7. The Bertz CT molecular complexity index is 460. The van der Waals surface area contributed by atoms with Crippen LogP contribution in [-0.4, -0.2) is 31.4 Å². The highest BCUT2D eigenvalue weighted by Crippen LogP contribution is 2.33. The van der Waals surface area contributed by atoms with E-state index in [1.165, 1.54) is 24.1 Å². The molecule has 0 bridgehead atoms. The minimum Gasteiger partial charge on any atom is -0.399 e. The summed E-state index contributed by atoms with van der Waals surface area (Å²) >= 11 is 0. The molecule has 0 radical (unpaired) electrons. The van der Waals surface area contributed by atoms with Crippen molar-refractivity contribution in [3.63, 3.8) is 0 Å². The molecule has 7 heteroatoms. The number of hydrogen-bond donors (Lipinski definition) is 2. The van der Waals surface area contributed by atoms with Gasteiger partial charge in [-0.15, -0.1) is 0 Å². The van der Waals surface area contributed by atoms with Crippen molar-refractivity contribution < 1.29 is 18.0 Å². The molecule has 0 heterocycles. The first-order valence-electron chi connectivity index (χ1n) is 5.58. The van der Waals surface area contributed by atoms with E-state index in [1.54, 1.807) is 7.05 Å². The molecule has 0 spiro atoms. The minimum absolute atomic E-state index is 0.0164. The van der Waals surface area contributed by atoms with Crippen molar-refractivity contribution in [2.45, 2.75) is 12.7 Å². The molecule has 1 amide bonds. The lowest BCUT2D eigenvalue weighted by atomic mass is 10.1. The van der Waals surface area contributed by atoms with E-state index in [-0.39, 0.29) is 30.2 Å². The first-order chi connectivity index (χ1) is 8.74. The van der Waals surface area contributed by atoms with E-state index in [1.807, 2.05) is 0 Å². The van der Waals surface area contributed by atoms with Crippen LogP contribution in [0.4, 0.5) is 18.9 Å². The number of amides is 1. The van der Waals surface area contributed by atoms with E-state index in [9.17, 15) is 18.0 Å². The van der Waals surface area contributed by atoms with E-state index in [4.69, 9.17) is 5.73 Å². The highest BCUT2D eigenvalue weighted by atomic mass is 19.4. The van der Waals surface area contributed by atoms with E-state index in [2.05, 4.69) is 5.32 Å².